The van der Waals surface area contributed by atoms with E-state index in [1.807, 2.05) is 18.2 Å². The molecule has 158 valence electrons. The predicted molar refractivity (Wildman–Crippen MR) is 124 cm³/mol. The molecule has 3 aromatic carbocycles. The molecule has 3 rings (SSSR count). The number of nitrogens with one attached hydrogen (secondary N) is 2. The Morgan fingerprint density at radius 1 is 0.700 bits per heavy atom. The summed E-state index contributed by atoms with van der Waals surface area (Å²) in [6, 6.07) is 27.3. The van der Waals surface area contributed by atoms with Gasteiger partial charge in [0.05, 0.1) is 14.2 Å². The molecular weight excluding hydrogens is 372 g/mol. The zero-order valence-electron chi connectivity index (χ0n) is 17.9. The summed E-state index contributed by atoms with van der Waals surface area (Å²) in [5.41, 5.74) is 3.84. The fraction of sp³-hybridized carbons (Fsp3) is 0.308. The smallest absolute Gasteiger partial charge is 0.122 e. The lowest BCUT2D eigenvalue weighted by atomic mass is 9.91. The van der Waals surface area contributed by atoms with Crippen LogP contribution in [0.1, 0.15) is 22.6 Å². The average molecular weight is 405 g/mol. The normalized spacial score (nSPS) is 10.9. The largest absolute Gasteiger partial charge is 0.497 e. The number of methoxy groups -OCH3 is 2. The van der Waals surface area contributed by atoms with Crippen molar-refractivity contribution < 1.29 is 9.47 Å². The second-order valence-electron chi connectivity index (χ2n) is 7.26. The molecule has 30 heavy (non-hydrogen) atoms. The molecule has 0 radical (unpaired) electrons. The van der Waals surface area contributed by atoms with Crippen LogP contribution in [0.3, 0.4) is 0 Å². The van der Waals surface area contributed by atoms with Gasteiger partial charge in [-0.05, 0) is 47.9 Å². The van der Waals surface area contributed by atoms with E-state index in [1.54, 1.807) is 14.2 Å². The minimum absolute atomic E-state index is 0.355. The molecule has 0 aliphatic carbocycles. The number of benzene rings is 3. The Balaban J connectivity index is 1.44. The topological polar surface area (TPSA) is 42.5 Å². The number of hydrogen-bond donors (Lipinski definition) is 2. The first-order valence-corrected chi connectivity index (χ1v) is 10.5. The SMILES string of the molecule is COc1ccc(OC)c(CCNCCNCC(c2ccccc2)c2ccccc2)c1. The maximum absolute atomic E-state index is 5.46. The van der Waals surface area contributed by atoms with Gasteiger partial charge in [0.25, 0.3) is 0 Å². The van der Waals surface area contributed by atoms with E-state index in [2.05, 4.69) is 71.3 Å². The lowest BCUT2D eigenvalue weighted by molar-refractivity contribution is 0.398. The van der Waals surface area contributed by atoms with Crippen LogP contribution in [-0.4, -0.2) is 40.4 Å². The first-order chi connectivity index (χ1) is 14.8. The third kappa shape index (κ3) is 6.34. The van der Waals surface area contributed by atoms with E-state index < -0.39 is 0 Å². The van der Waals surface area contributed by atoms with Crippen molar-refractivity contribution in [2.24, 2.45) is 0 Å². The van der Waals surface area contributed by atoms with Gasteiger partial charge >= 0.3 is 0 Å². The van der Waals surface area contributed by atoms with Gasteiger partial charge in [0.1, 0.15) is 11.5 Å². The van der Waals surface area contributed by atoms with Crippen molar-refractivity contribution in [2.45, 2.75) is 12.3 Å². The van der Waals surface area contributed by atoms with Gasteiger partial charge in [-0.1, -0.05) is 60.7 Å². The Bertz CT molecular complexity index is 829. The zero-order chi connectivity index (χ0) is 21.0. The monoisotopic (exact) mass is 404 g/mol. The molecule has 0 saturated carbocycles. The molecule has 0 aliphatic rings. The summed E-state index contributed by atoms with van der Waals surface area (Å²) in [7, 11) is 3.40. The van der Waals surface area contributed by atoms with Crippen LogP contribution in [0.4, 0.5) is 0 Å². The van der Waals surface area contributed by atoms with Crippen molar-refractivity contribution >= 4 is 0 Å². The van der Waals surface area contributed by atoms with E-state index in [4.69, 9.17) is 9.47 Å². The fourth-order valence-corrected chi connectivity index (χ4v) is 3.65. The first kappa shape index (κ1) is 21.9. The van der Waals surface area contributed by atoms with E-state index in [-0.39, 0.29) is 0 Å². The van der Waals surface area contributed by atoms with E-state index in [1.165, 1.54) is 11.1 Å². The Kier molecular flexibility index (Phi) is 8.76. The summed E-state index contributed by atoms with van der Waals surface area (Å²) in [5.74, 6) is 2.12. The standard InChI is InChI=1S/C26H32N2O2/c1-29-24-13-14-26(30-2)23(19-24)15-16-27-17-18-28-20-25(21-9-5-3-6-10-21)22-11-7-4-8-12-22/h3-14,19,25,27-28H,15-18,20H2,1-2H3. The molecule has 0 aromatic heterocycles. The molecule has 0 aliphatic heterocycles. The summed E-state index contributed by atoms with van der Waals surface area (Å²) in [5, 5.41) is 7.13. The van der Waals surface area contributed by atoms with Gasteiger partial charge in [0, 0.05) is 25.6 Å². The number of hydrogen-bond acceptors (Lipinski definition) is 4. The van der Waals surface area contributed by atoms with Gasteiger partial charge in [0.15, 0.2) is 0 Å². The summed E-state index contributed by atoms with van der Waals surface area (Å²) in [4.78, 5) is 0. The quantitative estimate of drug-likeness (QED) is 0.443. The van der Waals surface area contributed by atoms with E-state index in [0.717, 1.165) is 49.7 Å². The molecule has 0 heterocycles. The molecule has 0 unspecified atom stereocenters. The zero-order valence-corrected chi connectivity index (χ0v) is 17.9. The fourth-order valence-electron chi connectivity index (χ4n) is 3.65. The highest BCUT2D eigenvalue weighted by Crippen LogP contribution is 2.24. The molecule has 0 bridgehead atoms. The van der Waals surface area contributed by atoms with Gasteiger partial charge < -0.3 is 20.1 Å². The second-order valence-corrected chi connectivity index (χ2v) is 7.26. The third-order valence-electron chi connectivity index (χ3n) is 5.29. The van der Waals surface area contributed by atoms with Crippen LogP contribution in [0.2, 0.25) is 0 Å². The van der Waals surface area contributed by atoms with Crippen molar-refractivity contribution in [1.82, 2.24) is 10.6 Å². The van der Waals surface area contributed by atoms with Crippen molar-refractivity contribution in [3.05, 3.63) is 95.6 Å². The molecular formula is C26H32N2O2. The molecule has 0 spiro atoms. The first-order valence-electron chi connectivity index (χ1n) is 10.5. The molecule has 0 saturated heterocycles. The molecule has 3 aromatic rings. The summed E-state index contributed by atoms with van der Waals surface area (Å²) < 4.78 is 10.8. The van der Waals surface area contributed by atoms with Crippen LogP contribution < -0.4 is 20.1 Å². The summed E-state index contributed by atoms with van der Waals surface area (Å²) >= 11 is 0. The van der Waals surface area contributed by atoms with Crippen LogP contribution in [0.15, 0.2) is 78.9 Å². The Morgan fingerprint density at radius 3 is 1.93 bits per heavy atom. The molecule has 4 nitrogen and oxygen atoms in total. The van der Waals surface area contributed by atoms with Crippen LogP contribution in [0, 0.1) is 0 Å². The summed E-state index contributed by atoms with van der Waals surface area (Å²) in [6.45, 7) is 3.65. The van der Waals surface area contributed by atoms with Crippen molar-refractivity contribution in [2.75, 3.05) is 40.4 Å². The van der Waals surface area contributed by atoms with Crippen LogP contribution >= 0.6 is 0 Å². The molecule has 2 N–H and O–H groups in total. The molecule has 0 fully saturated rings. The van der Waals surface area contributed by atoms with E-state index >= 15 is 0 Å². The van der Waals surface area contributed by atoms with Crippen LogP contribution in [0.25, 0.3) is 0 Å². The van der Waals surface area contributed by atoms with Crippen molar-refractivity contribution in [1.29, 1.82) is 0 Å². The van der Waals surface area contributed by atoms with Crippen LogP contribution in [-0.2, 0) is 6.42 Å². The molecule has 0 atom stereocenters. The van der Waals surface area contributed by atoms with Gasteiger partial charge in [-0.15, -0.1) is 0 Å². The maximum Gasteiger partial charge on any atom is 0.122 e. The minimum atomic E-state index is 0.355. The average Bonchev–Trinajstić information content (AvgIpc) is 2.82. The highest BCUT2D eigenvalue weighted by molar-refractivity contribution is 5.40. The van der Waals surface area contributed by atoms with Gasteiger partial charge in [-0.25, -0.2) is 0 Å². The highest BCUT2D eigenvalue weighted by atomic mass is 16.5. The summed E-state index contributed by atoms with van der Waals surface area (Å²) in [6.07, 6.45) is 0.900. The highest BCUT2D eigenvalue weighted by Gasteiger charge is 2.13. The van der Waals surface area contributed by atoms with Gasteiger partial charge in [-0.2, -0.15) is 0 Å². The van der Waals surface area contributed by atoms with E-state index in [0.29, 0.717) is 5.92 Å². The molecule has 4 heteroatoms. The number of ether oxygens (including phenoxy) is 2. The Labute approximate surface area is 180 Å². The van der Waals surface area contributed by atoms with Crippen molar-refractivity contribution in [3.8, 4) is 11.5 Å². The lowest BCUT2D eigenvalue weighted by Crippen LogP contribution is -2.31. The van der Waals surface area contributed by atoms with E-state index in [9.17, 15) is 0 Å². The minimum Gasteiger partial charge on any atom is -0.497 e. The maximum atomic E-state index is 5.46. The second kappa shape index (κ2) is 12.0. The molecule has 0 amide bonds. The van der Waals surface area contributed by atoms with Gasteiger partial charge in [-0.3, -0.25) is 0 Å². The lowest BCUT2D eigenvalue weighted by Gasteiger charge is -2.19. The third-order valence-corrected chi connectivity index (χ3v) is 5.29. The van der Waals surface area contributed by atoms with Crippen molar-refractivity contribution in [3.63, 3.8) is 0 Å². The van der Waals surface area contributed by atoms with Gasteiger partial charge in [0.2, 0.25) is 0 Å². The Hall–Kier alpha value is -2.82. The number of rotatable bonds is 12. The Morgan fingerprint density at radius 2 is 1.33 bits per heavy atom. The predicted octanol–water partition coefficient (Wildman–Crippen LogP) is 4.26. The van der Waals surface area contributed by atoms with Crippen LogP contribution in [0.5, 0.6) is 11.5 Å².